The van der Waals surface area contributed by atoms with Crippen LogP contribution >= 0.6 is 0 Å². The molecule has 2 rings (SSSR count). The minimum absolute atomic E-state index is 0.0470. The number of nitrogens with zero attached hydrogens (tertiary/aromatic N) is 5. The quantitative estimate of drug-likeness (QED) is 0.436. The van der Waals surface area contributed by atoms with E-state index in [4.69, 9.17) is 4.99 Å². The van der Waals surface area contributed by atoms with Gasteiger partial charge in [0.2, 0.25) is 0 Å². The van der Waals surface area contributed by atoms with Crippen molar-refractivity contribution in [3.05, 3.63) is 30.2 Å². The monoisotopic (exact) mass is 341 g/mol. The molecular formula is C19H27N5O. The Hall–Kier alpha value is -2.50. The summed E-state index contributed by atoms with van der Waals surface area (Å²) in [5.74, 6) is 0.860. The fraction of sp³-hybridized carbons (Fsp3) is 0.474. The first kappa shape index (κ1) is 18.8. The third-order valence-corrected chi connectivity index (χ3v) is 4.01. The van der Waals surface area contributed by atoms with E-state index in [0.29, 0.717) is 17.1 Å². The van der Waals surface area contributed by atoms with Gasteiger partial charge in [-0.15, -0.1) is 0 Å². The number of rotatable bonds is 7. The normalized spacial score (nSPS) is 11.6. The number of carbonyl (C=O) groups excluding carboxylic acids is 1. The summed E-state index contributed by atoms with van der Waals surface area (Å²) in [6.07, 6.45) is 5.57. The molecule has 0 aliphatic heterocycles. The van der Waals surface area contributed by atoms with Crippen LogP contribution in [0.15, 0.2) is 29.5 Å². The largest absolute Gasteiger partial charge is 0.360 e. The van der Waals surface area contributed by atoms with Crippen molar-refractivity contribution in [2.45, 2.75) is 40.5 Å². The van der Waals surface area contributed by atoms with E-state index >= 15 is 0 Å². The number of carbonyl (C=O) groups is 1. The molecule has 0 saturated heterocycles. The number of Topliss-reactive ketones (excluding diaryl/α,β-unsaturated/α-hetero) is 1. The number of ketones is 1. The van der Waals surface area contributed by atoms with Gasteiger partial charge in [0.1, 0.15) is 22.9 Å². The summed E-state index contributed by atoms with van der Waals surface area (Å²) >= 11 is 0. The molecule has 0 spiro atoms. The van der Waals surface area contributed by atoms with Gasteiger partial charge >= 0.3 is 0 Å². The molecule has 2 aromatic rings. The molecule has 0 N–H and O–H groups in total. The van der Waals surface area contributed by atoms with Gasteiger partial charge in [0.05, 0.1) is 0 Å². The molecule has 6 nitrogen and oxygen atoms in total. The first-order valence-electron chi connectivity index (χ1n) is 8.78. The lowest BCUT2D eigenvalue weighted by Gasteiger charge is -2.23. The summed E-state index contributed by atoms with van der Waals surface area (Å²) in [4.78, 5) is 23.4. The molecule has 0 aliphatic carbocycles. The Morgan fingerprint density at radius 2 is 1.92 bits per heavy atom. The molecule has 2 aromatic heterocycles. The van der Waals surface area contributed by atoms with Gasteiger partial charge in [-0.05, 0) is 31.9 Å². The van der Waals surface area contributed by atoms with Crippen LogP contribution in [0.2, 0.25) is 0 Å². The van der Waals surface area contributed by atoms with Gasteiger partial charge in [0.15, 0.2) is 5.78 Å². The first-order valence-corrected chi connectivity index (χ1v) is 8.78. The van der Waals surface area contributed by atoms with Crippen molar-refractivity contribution in [3.8, 4) is 11.3 Å². The van der Waals surface area contributed by atoms with Crippen LogP contribution in [0.1, 0.15) is 51.0 Å². The summed E-state index contributed by atoms with van der Waals surface area (Å²) in [7, 11) is 1.78. The lowest BCUT2D eigenvalue weighted by atomic mass is 10.1. The number of aliphatic imine (C=N–C) groups is 1. The average Bonchev–Trinajstić information content (AvgIpc) is 2.91. The van der Waals surface area contributed by atoms with Crippen molar-refractivity contribution in [1.82, 2.24) is 19.7 Å². The molecule has 0 bridgehead atoms. The van der Waals surface area contributed by atoms with E-state index in [1.807, 2.05) is 19.1 Å². The number of aryl methyl sites for hydroxylation is 1. The second-order valence-corrected chi connectivity index (χ2v) is 6.11. The van der Waals surface area contributed by atoms with Gasteiger partial charge in [-0.3, -0.25) is 14.5 Å². The number of pyridine rings is 1. The Labute approximate surface area is 149 Å². The van der Waals surface area contributed by atoms with Gasteiger partial charge < -0.3 is 4.90 Å². The van der Waals surface area contributed by atoms with Gasteiger partial charge in [-0.2, -0.15) is 5.10 Å². The second-order valence-electron chi connectivity index (χ2n) is 6.11. The fourth-order valence-corrected chi connectivity index (χ4v) is 2.92. The third-order valence-electron chi connectivity index (χ3n) is 4.01. The van der Waals surface area contributed by atoms with Crippen molar-refractivity contribution in [2.24, 2.45) is 12.0 Å². The van der Waals surface area contributed by atoms with Crippen LogP contribution in [0.3, 0.4) is 0 Å². The van der Waals surface area contributed by atoms with Gasteiger partial charge in [-0.25, -0.2) is 4.99 Å². The topological polar surface area (TPSA) is 63.4 Å². The van der Waals surface area contributed by atoms with Crippen molar-refractivity contribution >= 4 is 17.3 Å². The Bertz CT molecular complexity index is 743. The number of hydrogen-bond donors (Lipinski definition) is 0. The Kier molecular flexibility index (Phi) is 6.44. The number of amidine groups is 1. The average molecular weight is 341 g/mol. The Morgan fingerprint density at radius 3 is 2.44 bits per heavy atom. The van der Waals surface area contributed by atoms with Gasteiger partial charge in [0.25, 0.3) is 0 Å². The molecule has 0 fully saturated rings. The molecule has 6 heteroatoms. The number of aromatic nitrogens is 3. The Morgan fingerprint density at radius 1 is 1.24 bits per heavy atom. The molecule has 0 aromatic carbocycles. The van der Waals surface area contributed by atoms with E-state index in [0.717, 1.165) is 37.3 Å². The molecule has 0 radical (unpaired) electrons. The van der Waals surface area contributed by atoms with Crippen LogP contribution in [-0.2, 0) is 7.05 Å². The highest BCUT2D eigenvalue weighted by molar-refractivity contribution is 6.01. The van der Waals surface area contributed by atoms with Crippen molar-refractivity contribution in [2.75, 3.05) is 13.1 Å². The highest BCUT2D eigenvalue weighted by Crippen LogP contribution is 2.33. The van der Waals surface area contributed by atoms with Crippen molar-refractivity contribution in [1.29, 1.82) is 0 Å². The molecule has 0 atom stereocenters. The van der Waals surface area contributed by atoms with Crippen LogP contribution in [0.4, 0.5) is 5.69 Å². The lowest BCUT2D eigenvalue weighted by molar-refractivity contribution is 0.100. The zero-order valence-corrected chi connectivity index (χ0v) is 15.8. The fourth-order valence-electron chi connectivity index (χ4n) is 2.92. The van der Waals surface area contributed by atoms with E-state index in [1.54, 1.807) is 31.0 Å². The van der Waals surface area contributed by atoms with E-state index in [2.05, 4.69) is 28.8 Å². The van der Waals surface area contributed by atoms with E-state index in [9.17, 15) is 4.79 Å². The summed E-state index contributed by atoms with van der Waals surface area (Å²) in [6, 6.07) is 3.79. The van der Waals surface area contributed by atoms with Gasteiger partial charge in [0, 0.05) is 45.0 Å². The van der Waals surface area contributed by atoms with Crippen molar-refractivity contribution in [3.63, 3.8) is 0 Å². The minimum atomic E-state index is -0.0470. The SMILES string of the molecule is CCCN(CCC)C(C)=Nc1c(-c2cccnc2)nn(C)c1C(C)=O. The lowest BCUT2D eigenvalue weighted by Crippen LogP contribution is -2.30. The van der Waals surface area contributed by atoms with Crippen LogP contribution < -0.4 is 0 Å². The molecule has 0 unspecified atom stereocenters. The minimum Gasteiger partial charge on any atom is -0.360 e. The van der Waals surface area contributed by atoms with Crippen LogP contribution in [0, 0.1) is 0 Å². The van der Waals surface area contributed by atoms with Crippen molar-refractivity contribution < 1.29 is 4.79 Å². The highest BCUT2D eigenvalue weighted by atomic mass is 16.1. The van der Waals surface area contributed by atoms with Gasteiger partial charge in [-0.1, -0.05) is 13.8 Å². The third kappa shape index (κ3) is 4.32. The smallest absolute Gasteiger partial charge is 0.180 e. The zero-order valence-electron chi connectivity index (χ0n) is 15.8. The van der Waals surface area contributed by atoms with Crippen LogP contribution in [-0.4, -0.2) is 44.4 Å². The van der Waals surface area contributed by atoms with E-state index in [1.165, 1.54) is 0 Å². The predicted molar refractivity (Wildman–Crippen MR) is 101 cm³/mol. The van der Waals surface area contributed by atoms with E-state index in [-0.39, 0.29) is 5.78 Å². The Balaban J connectivity index is 2.58. The molecule has 25 heavy (non-hydrogen) atoms. The summed E-state index contributed by atoms with van der Waals surface area (Å²) in [5.41, 5.74) is 2.69. The van der Waals surface area contributed by atoms with E-state index < -0.39 is 0 Å². The first-order chi connectivity index (χ1) is 12.0. The van der Waals surface area contributed by atoms with Crippen LogP contribution in [0.25, 0.3) is 11.3 Å². The molecular weight excluding hydrogens is 314 g/mol. The second kappa shape index (κ2) is 8.55. The molecule has 134 valence electrons. The standard InChI is InChI=1S/C19H27N5O/c1-6-11-24(12-7-2)15(4)21-18-17(16-9-8-10-20-13-16)22-23(5)19(18)14(3)25/h8-10,13H,6-7,11-12H2,1-5H3. The maximum atomic E-state index is 12.2. The molecule has 0 aliphatic rings. The summed E-state index contributed by atoms with van der Waals surface area (Å²) in [6.45, 7) is 9.75. The maximum absolute atomic E-state index is 12.2. The maximum Gasteiger partial charge on any atom is 0.180 e. The molecule has 2 heterocycles. The zero-order chi connectivity index (χ0) is 18.4. The number of hydrogen-bond acceptors (Lipinski definition) is 4. The highest BCUT2D eigenvalue weighted by Gasteiger charge is 2.21. The summed E-state index contributed by atoms with van der Waals surface area (Å²) in [5, 5.41) is 4.54. The molecule has 0 amide bonds. The molecule has 0 saturated carbocycles. The van der Waals surface area contributed by atoms with Crippen LogP contribution in [0.5, 0.6) is 0 Å². The summed E-state index contributed by atoms with van der Waals surface area (Å²) < 4.78 is 1.61. The predicted octanol–water partition coefficient (Wildman–Crippen LogP) is 3.86.